The van der Waals surface area contributed by atoms with Crippen LogP contribution in [0.15, 0.2) is 4.52 Å². The summed E-state index contributed by atoms with van der Waals surface area (Å²) >= 11 is 0. The van der Waals surface area contributed by atoms with Crippen molar-refractivity contribution in [3.63, 3.8) is 0 Å². The van der Waals surface area contributed by atoms with E-state index in [1.54, 1.807) is 0 Å². The van der Waals surface area contributed by atoms with Crippen LogP contribution in [0.5, 0.6) is 0 Å². The van der Waals surface area contributed by atoms with E-state index in [0.717, 1.165) is 30.1 Å². The van der Waals surface area contributed by atoms with Gasteiger partial charge in [0.2, 0.25) is 5.89 Å². The predicted octanol–water partition coefficient (Wildman–Crippen LogP) is 3.40. The van der Waals surface area contributed by atoms with Gasteiger partial charge in [0.05, 0.1) is 6.54 Å². The SMILES string of the molecule is C1CCC2CC(c3nc(CNC4CC4)no3)CCC2C1. The first-order chi connectivity index (χ1) is 9.88. The van der Waals surface area contributed by atoms with Gasteiger partial charge in [-0.1, -0.05) is 30.8 Å². The molecule has 1 aromatic heterocycles. The Balaban J connectivity index is 1.37. The molecule has 20 heavy (non-hydrogen) atoms. The summed E-state index contributed by atoms with van der Waals surface area (Å²) < 4.78 is 5.54. The number of nitrogens with one attached hydrogen (secondary N) is 1. The first kappa shape index (κ1) is 12.8. The average molecular weight is 275 g/mol. The van der Waals surface area contributed by atoms with Crippen LogP contribution in [0.1, 0.15) is 75.4 Å². The molecule has 0 amide bonds. The van der Waals surface area contributed by atoms with Gasteiger partial charge in [-0.3, -0.25) is 0 Å². The normalized spacial score (nSPS) is 33.9. The monoisotopic (exact) mass is 275 g/mol. The van der Waals surface area contributed by atoms with Crippen LogP contribution in [0.25, 0.3) is 0 Å². The Morgan fingerprint density at radius 2 is 1.85 bits per heavy atom. The lowest BCUT2D eigenvalue weighted by molar-refractivity contribution is 0.142. The molecule has 3 fully saturated rings. The number of hydrogen-bond acceptors (Lipinski definition) is 4. The second-order valence-corrected chi connectivity index (χ2v) is 7.02. The molecule has 4 nitrogen and oxygen atoms in total. The van der Waals surface area contributed by atoms with Crippen molar-refractivity contribution in [1.82, 2.24) is 15.5 Å². The summed E-state index contributed by atoms with van der Waals surface area (Å²) in [6.45, 7) is 0.771. The van der Waals surface area contributed by atoms with Crippen molar-refractivity contribution in [1.29, 1.82) is 0 Å². The lowest BCUT2D eigenvalue weighted by Gasteiger charge is -2.38. The Hall–Kier alpha value is -0.900. The van der Waals surface area contributed by atoms with Gasteiger partial charge in [0.1, 0.15) is 0 Å². The van der Waals surface area contributed by atoms with E-state index in [4.69, 9.17) is 4.52 Å². The minimum absolute atomic E-state index is 0.525. The smallest absolute Gasteiger partial charge is 0.229 e. The maximum atomic E-state index is 5.54. The molecule has 0 spiro atoms. The molecule has 3 aliphatic carbocycles. The van der Waals surface area contributed by atoms with E-state index in [2.05, 4.69) is 15.5 Å². The zero-order valence-corrected chi connectivity index (χ0v) is 12.2. The summed E-state index contributed by atoms with van der Waals surface area (Å²) in [6, 6.07) is 0.703. The van der Waals surface area contributed by atoms with Crippen molar-refractivity contribution in [2.45, 2.75) is 76.3 Å². The molecular weight excluding hydrogens is 250 g/mol. The molecule has 1 N–H and O–H groups in total. The van der Waals surface area contributed by atoms with E-state index in [9.17, 15) is 0 Å². The summed E-state index contributed by atoms with van der Waals surface area (Å²) in [5, 5.41) is 7.60. The second-order valence-electron chi connectivity index (χ2n) is 7.02. The average Bonchev–Trinajstić information content (AvgIpc) is 3.21. The van der Waals surface area contributed by atoms with Crippen molar-refractivity contribution < 1.29 is 4.52 Å². The minimum Gasteiger partial charge on any atom is -0.339 e. The highest BCUT2D eigenvalue weighted by Crippen LogP contribution is 2.45. The zero-order chi connectivity index (χ0) is 13.4. The predicted molar refractivity (Wildman–Crippen MR) is 76.2 cm³/mol. The van der Waals surface area contributed by atoms with Crippen molar-refractivity contribution >= 4 is 0 Å². The largest absolute Gasteiger partial charge is 0.339 e. The molecule has 0 bridgehead atoms. The van der Waals surface area contributed by atoms with Crippen molar-refractivity contribution in [3.8, 4) is 0 Å². The van der Waals surface area contributed by atoms with Crippen LogP contribution in [0.2, 0.25) is 0 Å². The number of fused-ring (bicyclic) bond motifs is 1. The van der Waals surface area contributed by atoms with Gasteiger partial charge >= 0.3 is 0 Å². The van der Waals surface area contributed by atoms with Gasteiger partial charge in [-0.05, 0) is 43.9 Å². The van der Waals surface area contributed by atoms with Gasteiger partial charge in [-0.15, -0.1) is 0 Å². The van der Waals surface area contributed by atoms with Gasteiger partial charge in [0, 0.05) is 12.0 Å². The molecule has 110 valence electrons. The molecule has 1 aromatic rings. The topological polar surface area (TPSA) is 51.0 Å². The van der Waals surface area contributed by atoms with Crippen LogP contribution < -0.4 is 5.32 Å². The number of aromatic nitrogens is 2. The first-order valence-electron chi connectivity index (χ1n) is 8.44. The standard InChI is InChI=1S/C16H25N3O/c1-2-4-12-9-13(6-5-11(12)3-1)16-18-15(19-20-16)10-17-14-7-8-14/h11-14,17H,1-10H2. The van der Waals surface area contributed by atoms with E-state index >= 15 is 0 Å². The zero-order valence-electron chi connectivity index (χ0n) is 12.2. The molecule has 3 atom stereocenters. The fourth-order valence-electron chi connectivity index (χ4n) is 4.13. The summed E-state index contributed by atoms with van der Waals surface area (Å²) in [7, 11) is 0. The maximum absolute atomic E-state index is 5.54. The van der Waals surface area contributed by atoms with E-state index in [1.165, 1.54) is 57.8 Å². The molecule has 0 aromatic carbocycles. The van der Waals surface area contributed by atoms with Gasteiger partial charge in [0.15, 0.2) is 5.82 Å². The van der Waals surface area contributed by atoms with E-state index in [1.807, 2.05) is 0 Å². The van der Waals surface area contributed by atoms with Crippen LogP contribution in [-0.2, 0) is 6.54 Å². The van der Waals surface area contributed by atoms with Gasteiger partial charge in [-0.2, -0.15) is 4.98 Å². The minimum atomic E-state index is 0.525. The van der Waals surface area contributed by atoms with E-state index in [-0.39, 0.29) is 0 Å². The summed E-state index contributed by atoms with van der Waals surface area (Å²) in [5.74, 6) is 4.18. The number of hydrogen-bond donors (Lipinski definition) is 1. The Labute approximate surface area is 120 Å². The fourth-order valence-corrected chi connectivity index (χ4v) is 4.13. The Morgan fingerprint density at radius 3 is 2.70 bits per heavy atom. The number of rotatable bonds is 4. The van der Waals surface area contributed by atoms with E-state index in [0.29, 0.717) is 12.0 Å². The third-order valence-electron chi connectivity index (χ3n) is 5.50. The summed E-state index contributed by atoms with van der Waals surface area (Å²) in [4.78, 5) is 4.63. The van der Waals surface area contributed by atoms with Gasteiger partial charge in [-0.25, -0.2) is 0 Å². The summed E-state index contributed by atoms with van der Waals surface area (Å²) in [6.07, 6.45) is 12.3. The maximum Gasteiger partial charge on any atom is 0.229 e. The summed E-state index contributed by atoms with van der Waals surface area (Å²) in [5.41, 5.74) is 0. The second kappa shape index (κ2) is 5.47. The van der Waals surface area contributed by atoms with Crippen LogP contribution >= 0.6 is 0 Å². The quantitative estimate of drug-likeness (QED) is 0.915. The Kier molecular flexibility index (Phi) is 3.51. The van der Waals surface area contributed by atoms with Crippen LogP contribution in [0, 0.1) is 11.8 Å². The molecule has 0 saturated heterocycles. The van der Waals surface area contributed by atoms with Gasteiger partial charge in [0.25, 0.3) is 0 Å². The van der Waals surface area contributed by atoms with Crippen LogP contribution in [0.3, 0.4) is 0 Å². The van der Waals surface area contributed by atoms with E-state index < -0.39 is 0 Å². The molecule has 3 aliphatic rings. The molecule has 0 radical (unpaired) electrons. The molecule has 1 heterocycles. The lowest BCUT2D eigenvalue weighted by Crippen LogP contribution is -2.27. The van der Waals surface area contributed by atoms with Gasteiger partial charge < -0.3 is 9.84 Å². The van der Waals surface area contributed by atoms with Crippen LogP contribution in [-0.4, -0.2) is 16.2 Å². The molecular formula is C16H25N3O. The fraction of sp³-hybridized carbons (Fsp3) is 0.875. The lowest BCUT2D eigenvalue weighted by atomic mass is 9.67. The van der Waals surface area contributed by atoms with Crippen molar-refractivity contribution in [3.05, 3.63) is 11.7 Å². The highest BCUT2D eigenvalue weighted by molar-refractivity contribution is 4.99. The highest BCUT2D eigenvalue weighted by atomic mass is 16.5. The Morgan fingerprint density at radius 1 is 1.00 bits per heavy atom. The third-order valence-corrected chi connectivity index (χ3v) is 5.50. The first-order valence-corrected chi connectivity index (χ1v) is 8.44. The molecule has 3 saturated carbocycles. The molecule has 4 rings (SSSR count). The molecule has 3 unspecified atom stereocenters. The highest BCUT2D eigenvalue weighted by Gasteiger charge is 2.35. The number of nitrogens with zero attached hydrogens (tertiary/aromatic N) is 2. The molecule has 0 aliphatic heterocycles. The Bertz CT molecular complexity index is 454. The van der Waals surface area contributed by atoms with Crippen LogP contribution in [0.4, 0.5) is 0 Å². The van der Waals surface area contributed by atoms with Crippen molar-refractivity contribution in [2.24, 2.45) is 11.8 Å². The molecule has 4 heteroatoms. The third kappa shape index (κ3) is 2.76. The van der Waals surface area contributed by atoms with Crippen molar-refractivity contribution in [2.75, 3.05) is 0 Å².